The highest BCUT2D eigenvalue weighted by Crippen LogP contribution is 2.22. The van der Waals surface area contributed by atoms with E-state index in [0.717, 1.165) is 19.4 Å². The normalized spacial score (nSPS) is 17.7. The van der Waals surface area contributed by atoms with Crippen molar-refractivity contribution in [3.05, 3.63) is 42.0 Å². The van der Waals surface area contributed by atoms with Gasteiger partial charge in [0.25, 0.3) is 5.91 Å². The third kappa shape index (κ3) is 3.79. The number of carbonyl (C=O) groups is 1. The first-order chi connectivity index (χ1) is 11.7. The van der Waals surface area contributed by atoms with Gasteiger partial charge in [-0.3, -0.25) is 9.36 Å². The van der Waals surface area contributed by atoms with Crippen LogP contribution in [-0.4, -0.2) is 41.5 Å². The Morgan fingerprint density at radius 2 is 2.25 bits per heavy atom. The van der Waals surface area contributed by atoms with Gasteiger partial charge < -0.3 is 10.1 Å². The van der Waals surface area contributed by atoms with Crippen molar-refractivity contribution in [2.24, 2.45) is 5.92 Å². The molecule has 24 heavy (non-hydrogen) atoms. The molecule has 5 nitrogen and oxygen atoms in total. The third-order valence-corrected chi connectivity index (χ3v) is 4.69. The van der Waals surface area contributed by atoms with Gasteiger partial charge in [-0.2, -0.15) is 0 Å². The Balaban J connectivity index is 1.78. The Hall–Kier alpha value is -1.86. The van der Waals surface area contributed by atoms with E-state index in [4.69, 9.17) is 4.74 Å². The van der Waals surface area contributed by atoms with Gasteiger partial charge in [0.15, 0.2) is 5.16 Å². The second kappa shape index (κ2) is 7.81. The van der Waals surface area contributed by atoms with E-state index in [0.29, 0.717) is 35.6 Å². The molecule has 1 amide bonds. The predicted octanol–water partition coefficient (Wildman–Crippen LogP) is 2.89. The highest BCUT2D eigenvalue weighted by Gasteiger charge is 2.20. The number of aromatic nitrogens is 2. The minimum absolute atomic E-state index is 0.183. The average molecular weight is 349 g/mol. The van der Waals surface area contributed by atoms with Crippen LogP contribution in [0.4, 0.5) is 4.39 Å². The first-order valence-corrected chi connectivity index (χ1v) is 9.15. The standard InChI is InChI=1S/C17H20FN3O2S/c1-24-17-20-10-15(21(17)14-6-4-13(18)5-7-14)16(22)19-9-12-3-2-8-23-11-12/h4-7,10,12H,2-3,8-9,11H2,1H3,(H,19,22). The molecule has 1 aromatic carbocycles. The van der Waals surface area contributed by atoms with Crippen LogP contribution in [0.15, 0.2) is 35.6 Å². The van der Waals surface area contributed by atoms with Crippen LogP contribution in [0.2, 0.25) is 0 Å². The van der Waals surface area contributed by atoms with Crippen molar-refractivity contribution in [1.29, 1.82) is 0 Å². The molecule has 1 saturated heterocycles. The van der Waals surface area contributed by atoms with Crippen LogP contribution in [0.25, 0.3) is 5.69 Å². The molecule has 1 aliphatic rings. The molecule has 2 heterocycles. The minimum atomic E-state index is -0.312. The van der Waals surface area contributed by atoms with Crippen LogP contribution in [0, 0.1) is 11.7 Å². The maximum absolute atomic E-state index is 13.2. The Kier molecular flexibility index (Phi) is 5.52. The van der Waals surface area contributed by atoms with E-state index in [1.807, 2.05) is 6.26 Å². The fourth-order valence-corrected chi connectivity index (χ4v) is 3.32. The summed E-state index contributed by atoms with van der Waals surface area (Å²) in [5, 5.41) is 3.65. The minimum Gasteiger partial charge on any atom is -0.381 e. The Labute approximate surface area is 144 Å². The molecule has 2 aromatic rings. The molecule has 1 atom stereocenters. The summed E-state index contributed by atoms with van der Waals surface area (Å²) in [5.41, 5.74) is 1.16. The summed E-state index contributed by atoms with van der Waals surface area (Å²) in [7, 11) is 0. The summed E-state index contributed by atoms with van der Waals surface area (Å²) >= 11 is 1.44. The SMILES string of the molecule is CSc1ncc(C(=O)NCC2CCCOC2)n1-c1ccc(F)cc1. The van der Waals surface area contributed by atoms with Gasteiger partial charge in [0.1, 0.15) is 11.5 Å². The number of halogens is 1. The molecule has 0 bridgehead atoms. The number of imidazole rings is 1. The van der Waals surface area contributed by atoms with E-state index < -0.39 is 0 Å². The second-order valence-corrected chi connectivity index (χ2v) is 6.51. The number of nitrogens with one attached hydrogen (secondary N) is 1. The Morgan fingerprint density at radius 1 is 1.46 bits per heavy atom. The number of nitrogens with zero attached hydrogens (tertiary/aromatic N) is 2. The average Bonchev–Trinajstić information content (AvgIpc) is 3.05. The molecule has 0 aliphatic carbocycles. The first kappa shape index (κ1) is 17.0. The maximum Gasteiger partial charge on any atom is 0.269 e. The highest BCUT2D eigenvalue weighted by atomic mass is 32.2. The van der Waals surface area contributed by atoms with Crippen molar-refractivity contribution in [2.45, 2.75) is 18.0 Å². The Bertz CT molecular complexity index is 696. The van der Waals surface area contributed by atoms with Gasteiger partial charge in [0.2, 0.25) is 0 Å². The molecule has 0 radical (unpaired) electrons. The van der Waals surface area contributed by atoms with Gasteiger partial charge in [-0.1, -0.05) is 11.8 Å². The van der Waals surface area contributed by atoms with Crippen molar-refractivity contribution in [2.75, 3.05) is 26.0 Å². The largest absolute Gasteiger partial charge is 0.381 e. The number of thioether (sulfide) groups is 1. The molecule has 1 unspecified atom stereocenters. The smallest absolute Gasteiger partial charge is 0.269 e. The van der Waals surface area contributed by atoms with E-state index in [-0.39, 0.29) is 11.7 Å². The van der Waals surface area contributed by atoms with Crippen LogP contribution in [-0.2, 0) is 4.74 Å². The monoisotopic (exact) mass is 349 g/mol. The molecule has 0 saturated carbocycles. The van der Waals surface area contributed by atoms with Gasteiger partial charge in [-0.15, -0.1) is 0 Å². The zero-order valence-corrected chi connectivity index (χ0v) is 14.3. The third-order valence-electron chi connectivity index (χ3n) is 4.04. The lowest BCUT2D eigenvalue weighted by molar-refractivity contribution is 0.0535. The van der Waals surface area contributed by atoms with E-state index in [1.165, 1.54) is 23.9 Å². The van der Waals surface area contributed by atoms with Crippen molar-refractivity contribution in [3.63, 3.8) is 0 Å². The van der Waals surface area contributed by atoms with Crippen molar-refractivity contribution >= 4 is 17.7 Å². The zero-order valence-electron chi connectivity index (χ0n) is 13.5. The summed E-state index contributed by atoms with van der Waals surface area (Å²) in [6.45, 7) is 2.08. The number of rotatable bonds is 5. The summed E-state index contributed by atoms with van der Waals surface area (Å²) in [5.74, 6) is -0.143. The quantitative estimate of drug-likeness (QED) is 0.844. The molecule has 0 spiro atoms. The molecule has 1 N–H and O–H groups in total. The van der Waals surface area contributed by atoms with Crippen molar-refractivity contribution in [1.82, 2.24) is 14.9 Å². The number of amides is 1. The zero-order chi connectivity index (χ0) is 16.9. The lowest BCUT2D eigenvalue weighted by Gasteiger charge is -2.22. The van der Waals surface area contributed by atoms with Crippen LogP contribution in [0.3, 0.4) is 0 Å². The Morgan fingerprint density at radius 3 is 2.92 bits per heavy atom. The second-order valence-electron chi connectivity index (χ2n) is 5.74. The lowest BCUT2D eigenvalue weighted by Crippen LogP contribution is -2.34. The van der Waals surface area contributed by atoms with Gasteiger partial charge in [0.05, 0.1) is 12.8 Å². The predicted molar refractivity (Wildman–Crippen MR) is 91.2 cm³/mol. The first-order valence-electron chi connectivity index (χ1n) is 7.92. The summed E-state index contributed by atoms with van der Waals surface area (Å²) in [4.78, 5) is 16.9. The fourth-order valence-electron chi connectivity index (χ4n) is 2.77. The summed E-state index contributed by atoms with van der Waals surface area (Å²) < 4.78 is 20.4. The lowest BCUT2D eigenvalue weighted by atomic mass is 10.0. The number of carbonyl (C=O) groups excluding carboxylic acids is 1. The summed E-state index contributed by atoms with van der Waals surface area (Å²) in [6.07, 6.45) is 5.55. The van der Waals surface area contributed by atoms with E-state index in [1.54, 1.807) is 22.9 Å². The molecule has 7 heteroatoms. The van der Waals surface area contributed by atoms with Crippen molar-refractivity contribution in [3.8, 4) is 5.69 Å². The highest BCUT2D eigenvalue weighted by molar-refractivity contribution is 7.98. The number of hydrogen-bond donors (Lipinski definition) is 1. The van der Waals surface area contributed by atoms with Crippen molar-refractivity contribution < 1.29 is 13.9 Å². The van der Waals surface area contributed by atoms with Gasteiger partial charge in [0, 0.05) is 18.8 Å². The molecular formula is C17H20FN3O2S. The van der Waals surface area contributed by atoms with Crippen LogP contribution < -0.4 is 5.32 Å². The van der Waals surface area contributed by atoms with Gasteiger partial charge in [-0.05, 0) is 49.3 Å². The molecule has 1 aliphatic heterocycles. The van der Waals surface area contributed by atoms with E-state index >= 15 is 0 Å². The van der Waals surface area contributed by atoms with Crippen LogP contribution in [0.5, 0.6) is 0 Å². The maximum atomic E-state index is 13.2. The topological polar surface area (TPSA) is 56.1 Å². The molecule has 1 fully saturated rings. The molecule has 3 rings (SSSR count). The van der Waals surface area contributed by atoms with Gasteiger partial charge in [-0.25, -0.2) is 9.37 Å². The number of benzene rings is 1. The number of ether oxygens (including phenoxy) is 1. The van der Waals surface area contributed by atoms with E-state index in [9.17, 15) is 9.18 Å². The van der Waals surface area contributed by atoms with E-state index in [2.05, 4.69) is 10.3 Å². The number of hydrogen-bond acceptors (Lipinski definition) is 4. The molecular weight excluding hydrogens is 329 g/mol. The fraction of sp³-hybridized carbons (Fsp3) is 0.412. The summed E-state index contributed by atoms with van der Waals surface area (Å²) in [6, 6.07) is 6.03. The van der Waals surface area contributed by atoms with Crippen LogP contribution >= 0.6 is 11.8 Å². The molecule has 128 valence electrons. The van der Waals surface area contributed by atoms with Gasteiger partial charge >= 0.3 is 0 Å². The molecule has 1 aromatic heterocycles. The van der Waals surface area contributed by atoms with Crippen LogP contribution in [0.1, 0.15) is 23.3 Å².